The summed E-state index contributed by atoms with van der Waals surface area (Å²) in [7, 11) is 1.41. The van der Waals surface area contributed by atoms with Crippen molar-refractivity contribution in [3.05, 3.63) is 11.8 Å². The molecule has 7 nitrogen and oxygen atoms in total. The number of rotatable bonds is 6. The predicted molar refractivity (Wildman–Crippen MR) is 132 cm³/mol. The Hall–Kier alpha value is -2.18. The van der Waals surface area contributed by atoms with Crippen LogP contribution in [0.3, 0.4) is 0 Å². The van der Waals surface area contributed by atoms with E-state index in [0.717, 1.165) is 25.7 Å². The van der Waals surface area contributed by atoms with Crippen molar-refractivity contribution >= 4 is 23.7 Å². The van der Waals surface area contributed by atoms with Crippen molar-refractivity contribution in [2.45, 2.75) is 92.1 Å². The molecule has 4 aliphatic carbocycles. The van der Waals surface area contributed by atoms with E-state index in [2.05, 4.69) is 26.8 Å². The second-order valence-electron chi connectivity index (χ2n) is 12.2. The van der Waals surface area contributed by atoms with Crippen LogP contribution in [0.1, 0.15) is 86.0 Å². The number of esters is 3. The maximum absolute atomic E-state index is 14.0. The summed E-state index contributed by atoms with van der Waals surface area (Å²) in [6, 6.07) is 0. The molecule has 0 aliphatic heterocycles. The summed E-state index contributed by atoms with van der Waals surface area (Å²) in [6.45, 7) is 9.43. The molecule has 0 aromatic rings. The normalized spacial score (nSPS) is 40.2. The fourth-order valence-electron chi connectivity index (χ4n) is 8.56. The van der Waals surface area contributed by atoms with E-state index in [1.807, 2.05) is 0 Å². The Labute approximate surface area is 214 Å². The first kappa shape index (κ1) is 26.9. The van der Waals surface area contributed by atoms with Gasteiger partial charge in [0, 0.05) is 38.0 Å². The predicted octanol–water partition coefficient (Wildman–Crippen LogP) is 5.01. The first-order valence-corrected chi connectivity index (χ1v) is 13.6. The van der Waals surface area contributed by atoms with E-state index in [1.165, 1.54) is 21.0 Å². The molecule has 4 rings (SSSR count). The van der Waals surface area contributed by atoms with Gasteiger partial charge in [-0.15, -0.1) is 0 Å². The van der Waals surface area contributed by atoms with E-state index < -0.39 is 5.41 Å². The van der Waals surface area contributed by atoms with Crippen molar-refractivity contribution in [2.75, 3.05) is 7.11 Å². The highest BCUT2D eigenvalue weighted by Gasteiger charge is 2.65. The van der Waals surface area contributed by atoms with E-state index >= 15 is 0 Å². The van der Waals surface area contributed by atoms with E-state index in [1.54, 1.807) is 0 Å². The Bertz CT molecular complexity index is 953. The number of ketones is 1. The molecule has 0 N–H and O–H groups in total. The fraction of sp³-hybridized carbons (Fsp3) is 0.793. The SMILES string of the molecule is COC(=O)CCC(C)C1CCC2C3C(OC(C)=O)=CC4CC(OC(C)=O)CCC4(C)C3CC(=O)C12C. The Morgan fingerprint density at radius 2 is 1.81 bits per heavy atom. The number of fused-ring (bicyclic) bond motifs is 5. The molecule has 3 fully saturated rings. The molecule has 9 atom stereocenters. The van der Waals surface area contributed by atoms with Gasteiger partial charge in [0.2, 0.25) is 0 Å². The minimum absolute atomic E-state index is 0.0148. The fourth-order valence-corrected chi connectivity index (χ4v) is 8.56. The molecular formula is C29H42O7. The van der Waals surface area contributed by atoms with Crippen LogP contribution < -0.4 is 0 Å². The number of Topliss-reactive ketones (excluding diaryl/α,β-unsaturated/α-hetero) is 1. The molecule has 0 aromatic heterocycles. The van der Waals surface area contributed by atoms with Crippen molar-refractivity contribution in [2.24, 2.45) is 46.3 Å². The lowest BCUT2D eigenvalue weighted by Crippen LogP contribution is -2.57. The van der Waals surface area contributed by atoms with Gasteiger partial charge in [-0.25, -0.2) is 0 Å². The van der Waals surface area contributed by atoms with Crippen LogP contribution in [-0.4, -0.2) is 36.9 Å². The molecule has 7 heteroatoms. The van der Waals surface area contributed by atoms with Crippen LogP contribution in [0.4, 0.5) is 0 Å². The number of allylic oxidation sites excluding steroid dienone is 2. The Morgan fingerprint density at radius 1 is 1.08 bits per heavy atom. The van der Waals surface area contributed by atoms with Gasteiger partial charge in [0.25, 0.3) is 0 Å². The van der Waals surface area contributed by atoms with Crippen LogP contribution in [0.2, 0.25) is 0 Å². The first-order valence-electron chi connectivity index (χ1n) is 13.6. The van der Waals surface area contributed by atoms with Gasteiger partial charge >= 0.3 is 17.9 Å². The molecule has 0 aromatic carbocycles. The van der Waals surface area contributed by atoms with Gasteiger partial charge in [-0.1, -0.05) is 20.8 Å². The molecule has 0 bridgehead atoms. The second kappa shape index (κ2) is 9.94. The van der Waals surface area contributed by atoms with Crippen molar-refractivity contribution in [1.82, 2.24) is 0 Å². The van der Waals surface area contributed by atoms with Gasteiger partial charge in [-0.2, -0.15) is 0 Å². The van der Waals surface area contributed by atoms with Crippen molar-refractivity contribution in [3.8, 4) is 0 Å². The van der Waals surface area contributed by atoms with Crippen LogP contribution in [-0.2, 0) is 33.4 Å². The summed E-state index contributed by atoms with van der Waals surface area (Å²) in [5, 5.41) is 0. The minimum Gasteiger partial charge on any atom is -0.469 e. The summed E-state index contributed by atoms with van der Waals surface area (Å²) < 4.78 is 16.3. The van der Waals surface area contributed by atoms with E-state index in [0.29, 0.717) is 37.2 Å². The summed E-state index contributed by atoms with van der Waals surface area (Å²) in [4.78, 5) is 49.6. The van der Waals surface area contributed by atoms with Gasteiger partial charge < -0.3 is 14.2 Å². The third-order valence-corrected chi connectivity index (χ3v) is 10.4. The van der Waals surface area contributed by atoms with Crippen LogP contribution in [0.5, 0.6) is 0 Å². The quantitative estimate of drug-likeness (QED) is 0.372. The maximum atomic E-state index is 14.0. The summed E-state index contributed by atoms with van der Waals surface area (Å²) >= 11 is 0. The summed E-state index contributed by atoms with van der Waals surface area (Å²) in [5.74, 6) is 0.888. The molecule has 0 radical (unpaired) electrons. The Morgan fingerprint density at radius 3 is 2.44 bits per heavy atom. The van der Waals surface area contributed by atoms with Crippen LogP contribution in [0, 0.1) is 46.3 Å². The van der Waals surface area contributed by atoms with Crippen molar-refractivity contribution in [3.63, 3.8) is 0 Å². The number of carbonyl (C=O) groups is 4. The molecule has 0 saturated heterocycles. The molecule has 0 amide bonds. The van der Waals surface area contributed by atoms with E-state index in [4.69, 9.17) is 14.2 Å². The van der Waals surface area contributed by atoms with Crippen molar-refractivity contribution in [1.29, 1.82) is 0 Å². The van der Waals surface area contributed by atoms with Gasteiger partial charge in [0.05, 0.1) is 7.11 Å². The maximum Gasteiger partial charge on any atom is 0.307 e. The van der Waals surface area contributed by atoms with Crippen LogP contribution in [0.25, 0.3) is 0 Å². The Kier molecular flexibility index (Phi) is 7.42. The molecular weight excluding hydrogens is 460 g/mol. The van der Waals surface area contributed by atoms with Crippen LogP contribution >= 0.6 is 0 Å². The molecule has 200 valence electrons. The van der Waals surface area contributed by atoms with Crippen molar-refractivity contribution < 1.29 is 33.4 Å². The topological polar surface area (TPSA) is 96.0 Å². The van der Waals surface area contributed by atoms with E-state index in [-0.39, 0.29) is 64.9 Å². The third kappa shape index (κ3) is 4.51. The summed E-state index contributed by atoms with van der Waals surface area (Å²) in [5.41, 5.74) is -0.620. The molecule has 3 saturated carbocycles. The Balaban J connectivity index is 1.67. The zero-order chi connectivity index (χ0) is 26.4. The highest BCUT2D eigenvalue weighted by molar-refractivity contribution is 5.87. The second-order valence-corrected chi connectivity index (χ2v) is 12.2. The average molecular weight is 503 g/mol. The molecule has 9 unspecified atom stereocenters. The molecule has 0 heterocycles. The first-order chi connectivity index (χ1) is 16.9. The number of ether oxygens (including phenoxy) is 3. The van der Waals surface area contributed by atoms with Gasteiger partial charge in [0.15, 0.2) is 0 Å². The molecule has 36 heavy (non-hydrogen) atoms. The number of hydrogen-bond donors (Lipinski definition) is 0. The number of methoxy groups -OCH3 is 1. The summed E-state index contributed by atoms with van der Waals surface area (Å²) in [6.07, 6.45) is 7.70. The average Bonchev–Trinajstić information content (AvgIpc) is 3.16. The highest BCUT2D eigenvalue weighted by atomic mass is 16.5. The van der Waals surface area contributed by atoms with Crippen LogP contribution in [0.15, 0.2) is 11.8 Å². The minimum atomic E-state index is -0.506. The molecule has 4 aliphatic rings. The lowest BCUT2D eigenvalue weighted by atomic mass is 9.45. The zero-order valence-corrected chi connectivity index (χ0v) is 22.6. The third-order valence-electron chi connectivity index (χ3n) is 10.4. The largest absolute Gasteiger partial charge is 0.469 e. The van der Waals surface area contributed by atoms with Gasteiger partial charge in [-0.05, 0) is 79.6 Å². The highest BCUT2D eigenvalue weighted by Crippen LogP contribution is 2.67. The smallest absolute Gasteiger partial charge is 0.307 e. The van der Waals surface area contributed by atoms with E-state index in [9.17, 15) is 19.2 Å². The number of hydrogen-bond acceptors (Lipinski definition) is 7. The number of carbonyl (C=O) groups excluding carboxylic acids is 4. The monoisotopic (exact) mass is 502 g/mol. The lowest BCUT2D eigenvalue weighted by molar-refractivity contribution is -0.160. The standard InChI is InChI=1S/C29H42O7/c1-16(7-10-26(33)34-6)21-8-9-22-27-23(15-25(32)29(21,22)5)28(4)12-11-20(35-17(2)30)13-19(28)14-24(27)36-18(3)31/h14,16,19-23,27H,7-13,15H2,1-6H3. The lowest BCUT2D eigenvalue weighted by Gasteiger charge is -2.59. The van der Waals surface area contributed by atoms with Gasteiger partial charge in [-0.3, -0.25) is 19.2 Å². The molecule has 0 spiro atoms. The zero-order valence-electron chi connectivity index (χ0n) is 22.6. The van der Waals surface area contributed by atoms with Gasteiger partial charge in [0.1, 0.15) is 17.6 Å².